The van der Waals surface area contributed by atoms with Crippen molar-refractivity contribution in [3.8, 4) is 5.75 Å². The minimum absolute atomic E-state index is 0.146. The summed E-state index contributed by atoms with van der Waals surface area (Å²) in [5.41, 5.74) is 6.04. The van der Waals surface area contributed by atoms with Gasteiger partial charge in [-0.1, -0.05) is 85.4 Å². The van der Waals surface area contributed by atoms with Crippen molar-refractivity contribution in [1.82, 2.24) is 0 Å². The Morgan fingerprint density at radius 1 is 0.806 bits per heavy atom. The molecule has 1 unspecified atom stereocenters. The summed E-state index contributed by atoms with van der Waals surface area (Å²) in [6.07, 6.45) is 0.952. The largest absolute Gasteiger partial charge is 0.486 e. The Kier molecular flexibility index (Phi) is 5.52. The van der Waals surface area contributed by atoms with Crippen molar-refractivity contribution in [2.75, 3.05) is 0 Å². The second kappa shape index (κ2) is 8.60. The molecule has 0 saturated heterocycles. The van der Waals surface area contributed by atoms with Gasteiger partial charge in [0.2, 0.25) is 0 Å². The lowest BCUT2D eigenvalue weighted by molar-refractivity contribution is 0.290. The summed E-state index contributed by atoms with van der Waals surface area (Å²) in [6, 6.07) is 30.4. The average molecular weight is 427 g/mol. The molecule has 1 heterocycles. The maximum atomic E-state index is 14.4. The summed E-state index contributed by atoms with van der Waals surface area (Å²) < 4.78 is 20.2. The van der Waals surface area contributed by atoms with E-state index in [9.17, 15) is 4.39 Å². The Morgan fingerprint density at radius 3 is 2.39 bits per heavy atom. The molecule has 0 radical (unpaired) electrons. The van der Waals surface area contributed by atoms with Gasteiger partial charge in [0, 0.05) is 15.7 Å². The predicted octanol–water partition coefficient (Wildman–Crippen LogP) is 7.61. The molecule has 3 heteroatoms. The van der Waals surface area contributed by atoms with Crippen molar-refractivity contribution in [2.45, 2.75) is 35.7 Å². The topological polar surface area (TPSA) is 9.23 Å². The third kappa shape index (κ3) is 4.24. The lowest BCUT2D eigenvalue weighted by Gasteiger charge is -2.21. The van der Waals surface area contributed by atoms with Crippen molar-refractivity contribution in [1.29, 1.82) is 0 Å². The second-order valence-corrected chi connectivity index (χ2v) is 9.02. The molecule has 5 rings (SSSR count). The molecular formula is C28H23FOS. The van der Waals surface area contributed by atoms with Gasteiger partial charge in [0.05, 0.1) is 0 Å². The number of fused-ring (bicyclic) bond motifs is 2. The van der Waals surface area contributed by atoms with Crippen LogP contribution in [-0.4, -0.2) is 0 Å². The third-order valence-electron chi connectivity index (χ3n) is 5.85. The molecule has 4 aromatic rings. The van der Waals surface area contributed by atoms with Gasteiger partial charge in [-0.25, -0.2) is 4.39 Å². The zero-order valence-electron chi connectivity index (χ0n) is 17.3. The quantitative estimate of drug-likeness (QED) is 0.286. The van der Waals surface area contributed by atoms with Gasteiger partial charge in [-0.2, -0.15) is 0 Å². The first-order valence-corrected chi connectivity index (χ1v) is 11.3. The fourth-order valence-corrected chi connectivity index (χ4v) is 5.06. The first-order chi connectivity index (χ1) is 15.2. The summed E-state index contributed by atoms with van der Waals surface area (Å²) in [7, 11) is 0. The molecular weight excluding hydrogens is 403 g/mol. The van der Waals surface area contributed by atoms with E-state index in [1.807, 2.05) is 54.2 Å². The Morgan fingerprint density at radius 2 is 1.52 bits per heavy atom. The molecule has 0 N–H and O–H groups in total. The molecule has 0 amide bonds. The van der Waals surface area contributed by atoms with Crippen LogP contribution in [0.2, 0.25) is 0 Å². The van der Waals surface area contributed by atoms with Crippen molar-refractivity contribution in [3.05, 3.63) is 125 Å². The molecule has 31 heavy (non-hydrogen) atoms. The molecule has 1 nitrogen and oxygen atoms in total. The SMILES string of the molecule is CC(c1ccc2c(c1)Cc1ccccc1S2)c1ccc(F)c(OCc2ccccc2)c1. The first-order valence-electron chi connectivity index (χ1n) is 10.5. The number of rotatable bonds is 5. The van der Waals surface area contributed by atoms with Crippen LogP contribution in [-0.2, 0) is 13.0 Å². The van der Waals surface area contributed by atoms with Gasteiger partial charge in [0.25, 0.3) is 0 Å². The Labute approximate surface area is 186 Å². The van der Waals surface area contributed by atoms with E-state index in [0.29, 0.717) is 12.4 Å². The molecule has 4 aromatic carbocycles. The smallest absolute Gasteiger partial charge is 0.165 e. The maximum absolute atomic E-state index is 14.4. The summed E-state index contributed by atoms with van der Waals surface area (Å²) >= 11 is 1.84. The zero-order chi connectivity index (χ0) is 21.2. The van der Waals surface area contributed by atoms with Crippen molar-refractivity contribution in [2.24, 2.45) is 0 Å². The summed E-state index contributed by atoms with van der Waals surface area (Å²) in [5, 5.41) is 0. The van der Waals surface area contributed by atoms with E-state index in [1.54, 1.807) is 0 Å². The molecule has 0 fully saturated rings. The summed E-state index contributed by atoms with van der Waals surface area (Å²) in [5.74, 6) is 0.119. The minimum Gasteiger partial charge on any atom is -0.486 e. The molecule has 1 aliphatic heterocycles. The number of halogens is 1. The highest BCUT2D eigenvalue weighted by Crippen LogP contribution is 2.41. The van der Waals surface area contributed by atoms with Crippen LogP contribution in [0.4, 0.5) is 4.39 Å². The van der Waals surface area contributed by atoms with Crippen LogP contribution >= 0.6 is 11.8 Å². The normalized spacial score (nSPS) is 13.2. The lowest BCUT2D eigenvalue weighted by Crippen LogP contribution is -2.04. The number of benzene rings is 4. The highest BCUT2D eigenvalue weighted by molar-refractivity contribution is 7.99. The maximum Gasteiger partial charge on any atom is 0.165 e. The third-order valence-corrected chi connectivity index (χ3v) is 7.09. The van der Waals surface area contributed by atoms with Crippen molar-refractivity contribution >= 4 is 11.8 Å². The molecule has 154 valence electrons. The lowest BCUT2D eigenvalue weighted by atomic mass is 9.90. The van der Waals surface area contributed by atoms with E-state index in [1.165, 1.54) is 32.5 Å². The average Bonchev–Trinajstić information content (AvgIpc) is 2.82. The van der Waals surface area contributed by atoms with Crippen LogP contribution < -0.4 is 4.74 Å². The van der Waals surface area contributed by atoms with Crippen molar-refractivity contribution < 1.29 is 9.13 Å². The molecule has 0 aliphatic carbocycles. The minimum atomic E-state index is -0.328. The highest BCUT2D eigenvalue weighted by atomic mass is 32.2. The van der Waals surface area contributed by atoms with Crippen molar-refractivity contribution in [3.63, 3.8) is 0 Å². The van der Waals surface area contributed by atoms with Crippen LogP contribution in [0.5, 0.6) is 5.75 Å². The molecule has 1 aliphatic rings. The van der Waals surface area contributed by atoms with Gasteiger partial charge in [0.15, 0.2) is 11.6 Å². The van der Waals surface area contributed by atoms with Crippen LogP contribution in [0.25, 0.3) is 0 Å². The summed E-state index contributed by atoms with van der Waals surface area (Å²) in [6.45, 7) is 2.52. The van der Waals surface area contributed by atoms with Gasteiger partial charge >= 0.3 is 0 Å². The van der Waals surface area contributed by atoms with Crippen LogP contribution in [0.3, 0.4) is 0 Å². The first kappa shape index (κ1) is 19.9. The van der Waals surface area contributed by atoms with Gasteiger partial charge in [0.1, 0.15) is 6.61 Å². The van der Waals surface area contributed by atoms with Gasteiger partial charge < -0.3 is 4.74 Å². The molecule has 0 bridgehead atoms. The number of ether oxygens (including phenoxy) is 1. The van der Waals surface area contributed by atoms with E-state index in [2.05, 4.69) is 49.4 Å². The molecule has 1 atom stereocenters. The van der Waals surface area contributed by atoms with Crippen LogP contribution in [0.1, 0.15) is 40.7 Å². The van der Waals surface area contributed by atoms with Gasteiger partial charge in [-0.05, 0) is 58.5 Å². The summed E-state index contributed by atoms with van der Waals surface area (Å²) in [4.78, 5) is 2.66. The Hall–Kier alpha value is -3.04. The highest BCUT2D eigenvalue weighted by Gasteiger charge is 2.18. The Balaban J connectivity index is 1.37. The number of hydrogen-bond acceptors (Lipinski definition) is 2. The monoisotopic (exact) mass is 426 g/mol. The molecule has 0 spiro atoms. The van der Waals surface area contributed by atoms with Gasteiger partial charge in [-0.3, -0.25) is 0 Å². The van der Waals surface area contributed by atoms with E-state index >= 15 is 0 Å². The number of hydrogen-bond donors (Lipinski definition) is 0. The second-order valence-electron chi connectivity index (χ2n) is 7.94. The molecule has 0 aromatic heterocycles. The zero-order valence-corrected chi connectivity index (χ0v) is 18.2. The van der Waals surface area contributed by atoms with Crippen LogP contribution in [0.15, 0.2) is 101 Å². The van der Waals surface area contributed by atoms with E-state index in [4.69, 9.17) is 4.74 Å². The fraction of sp³-hybridized carbons (Fsp3) is 0.143. The van der Waals surface area contributed by atoms with E-state index < -0.39 is 0 Å². The predicted molar refractivity (Wildman–Crippen MR) is 125 cm³/mol. The standard InChI is InChI=1S/C28H23FOS/c1-19(21-12-14-28-24(15-21)16-23-9-5-6-10-27(23)31-28)22-11-13-25(29)26(17-22)30-18-20-7-3-2-4-8-20/h2-15,17,19H,16,18H2,1H3. The molecule has 0 saturated carbocycles. The Bertz CT molecular complexity index is 1220. The van der Waals surface area contributed by atoms with E-state index in [-0.39, 0.29) is 11.7 Å². The van der Waals surface area contributed by atoms with Crippen LogP contribution in [0, 0.1) is 5.82 Å². The van der Waals surface area contributed by atoms with E-state index in [0.717, 1.165) is 17.5 Å². The van der Waals surface area contributed by atoms with Gasteiger partial charge in [-0.15, -0.1) is 0 Å². The fourth-order valence-electron chi connectivity index (χ4n) is 4.01.